The van der Waals surface area contributed by atoms with Crippen LogP contribution in [0.3, 0.4) is 0 Å². The van der Waals surface area contributed by atoms with Gasteiger partial charge in [-0.2, -0.15) is 9.36 Å². The van der Waals surface area contributed by atoms with Crippen LogP contribution in [0.15, 0.2) is 59.4 Å². The molecule has 0 fully saturated rings. The number of carbonyl (C=O) groups excluding carboxylic acids is 1. The third-order valence-corrected chi connectivity index (χ3v) is 4.58. The SMILES string of the molecule is Cc1cc([N+](=O)[O-])nn1CC(=O)Nn1c(-c2ccccc2F)nc2ccccc2c1=O. The molecule has 0 spiro atoms. The lowest BCUT2D eigenvalue weighted by Gasteiger charge is -2.15. The Morgan fingerprint density at radius 1 is 1.19 bits per heavy atom. The van der Waals surface area contributed by atoms with Crippen molar-refractivity contribution in [3.8, 4) is 11.4 Å². The summed E-state index contributed by atoms with van der Waals surface area (Å²) in [5, 5.41) is 14.9. The molecule has 1 amide bonds. The number of rotatable bonds is 5. The third-order valence-electron chi connectivity index (χ3n) is 4.58. The largest absolute Gasteiger partial charge is 0.390 e. The van der Waals surface area contributed by atoms with Gasteiger partial charge in [0.1, 0.15) is 12.4 Å². The minimum atomic E-state index is -0.696. The lowest BCUT2D eigenvalue weighted by Crippen LogP contribution is -2.37. The zero-order valence-corrected chi connectivity index (χ0v) is 16.2. The van der Waals surface area contributed by atoms with Gasteiger partial charge in [0.25, 0.3) is 11.5 Å². The summed E-state index contributed by atoms with van der Waals surface area (Å²) >= 11 is 0. The van der Waals surface area contributed by atoms with Gasteiger partial charge in [0.15, 0.2) is 5.82 Å². The van der Waals surface area contributed by atoms with E-state index in [1.54, 1.807) is 37.3 Å². The number of aryl methyl sites for hydroxylation is 1. The monoisotopic (exact) mass is 422 g/mol. The van der Waals surface area contributed by atoms with E-state index < -0.39 is 34.6 Å². The predicted molar refractivity (Wildman–Crippen MR) is 109 cm³/mol. The second-order valence-corrected chi connectivity index (χ2v) is 6.67. The first kappa shape index (κ1) is 19.9. The summed E-state index contributed by atoms with van der Waals surface area (Å²) in [6, 6.07) is 13.4. The lowest BCUT2D eigenvalue weighted by atomic mass is 10.2. The predicted octanol–water partition coefficient (Wildman–Crippen LogP) is 2.39. The van der Waals surface area contributed by atoms with Crippen molar-refractivity contribution in [2.75, 3.05) is 5.43 Å². The molecule has 0 saturated carbocycles. The Bertz CT molecular complexity index is 1390. The standard InChI is InChI=1S/C20H15FN6O4/c1-12-10-17(27(30)31)23-25(12)11-18(28)24-26-19(13-6-2-4-8-15(13)21)22-16-9-5-3-7-14(16)20(26)29/h2-10H,11H2,1H3,(H,24,28). The van der Waals surface area contributed by atoms with Crippen LogP contribution in [-0.4, -0.2) is 30.3 Å². The number of aromatic nitrogens is 4. The quantitative estimate of drug-likeness (QED) is 0.389. The number of nitro groups is 1. The molecule has 2 heterocycles. The van der Waals surface area contributed by atoms with Crippen LogP contribution in [0.1, 0.15) is 5.69 Å². The Balaban J connectivity index is 1.77. The van der Waals surface area contributed by atoms with E-state index in [-0.39, 0.29) is 16.8 Å². The normalized spacial score (nSPS) is 10.9. The molecule has 4 aromatic rings. The Hall–Kier alpha value is -4.41. The van der Waals surface area contributed by atoms with Gasteiger partial charge >= 0.3 is 5.82 Å². The van der Waals surface area contributed by atoms with Crippen LogP contribution >= 0.6 is 0 Å². The van der Waals surface area contributed by atoms with Gasteiger partial charge < -0.3 is 10.1 Å². The van der Waals surface area contributed by atoms with E-state index in [0.29, 0.717) is 11.2 Å². The number of hydrogen-bond donors (Lipinski definition) is 1. The molecule has 0 saturated heterocycles. The average molecular weight is 422 g/mol. The van der Waals surface area contributed by atoms with Gasteiger partial charge in [0.2, 0.25) is 0 Å². The number of halogens is 1. The van der Waals surface area contributed by atoms with E-state index in [2.05, 4.69) is 15.5 Å². The van der Waals surface area contributed by atoms with Crippen molar-refractivity contribution in [3.05, 3.63) is 86.6 Å². The van der Waals surface area contributed by atoms with Crippen LogP contribution < -0.4 is 11.0 Å². The summed E-state index contributed by atoms with van der Waals surface area (Å²) in [6.07, 6.45) is 0. The highest BCUT2D eigenvalue weighted by atomic mass is 19.1. The van der Waals surface area contributed by atoms with E-state index >= 15 is 0 Å². The van der Waals surface area contributed by atoms with Gasteiger partial charge in [-0.25, -0.2) is 9.37 Å². The van der Waals surface area contributed by atoms with E-state index in [1.165, 1.54) is 24.3 Å². The Labute approximate surface area is 173 Å². The van der Waals surface area contributed by atoms with Crippen molar-refractivity contribution < 1.29 is 14.1 Å². The Kier molecular flexibility index (Phi) is 4.99. The Morgan fingerprint density at radius 2 is 1.90 bits per heavy atom. The van der Waals surface area contributed by atoms with Crippen molar-refractivity contribution in [1.29, 1.82) is 0 Å². The van der Waals surface area contributed by atoms with E-state index in [9.17, 15) is 24.1 Å². The summed E-state index contributed by atoms with van der Waals surface area (Å²) in [5.74, 6) is -1.80. The third kappa shape index (κ3) is 3.75. The van der Waals surface area contributed by atoms with Gasteiger partial charge in [-0.1, -0.05) is 24.3 Å². The molecular weight excluding hydrogens is 407 g/mol. The van der Waals surface area contributed by atoms with E-state index in [1.807, 2.05) is 0 Å². The molecule has 1 N–H and O–H groups in total. The number of hydrogen-bond acceptors (Lipinski definition) is 6. The molecule has 2 aromatic carbocycles. The van der Waals surface area contributed by atoms with Gasteiger partial charge in [0.05, 0.1) is 33.3 Å². The van der Waals surface area contributed by atoms with Crippen LogP contribution in [0.25, 0.3) is 22.3 Å². The molecule has 156 valence electrons. The van der Waals surface area contributed by atoms with Crippen molar-refractivity contribution in [1.82, 2.24) is 19.4 Å². The smallest absolute Gasteiger partial charge is 0.358 e. The molecule has 0 aliphatic rings. The molecular formula is C20H15FN6O4. The zero-order valence-electron chi connectivity index (χ0n) is 16.2. The molecule has 0 atom stereocenters. The fraction of sp³-hybridized carbons (Fsp3) is 0.100. The molecule has 0 aliphatic carbocycles. The average Bonchev–Trinajstić information content (AvgIpc) is 3.11. The van der Waals surface area contributed by atoms with Crippen molar-refractivity contribution in [2.24, 2.45) is 0 Å². The maximum absolute atomic E-state index is 14.5. The number of fused-ring (bicyclic) bond motifs is 1. The zero-order chi connectivity index (χ0) is 22.1. The molecule has 0 radical (unpaired) electrons. The minimum absolute atomic E-state index is 0.0246. The number of carbonyl (C=O) groups is 1. The van der Waals surface area contributed by atoms with Crippen molar-refractivity contribution in [2.45, 2.75) is 13.5 Å². The maximum atomic E-state index is 14.5. The summed E-state index contributed by atoms with van der Waals surface area (Å²) in [6.45, 7) is 1.16. The van der Waals surface area contributed by atoms with E-state index in [0.717, 1.165) is 9.36 Å². The van der Waals surface area contributed by atoms with Gasteiger partial charge in [-0.3, -0.25) is 15.0 Å². The van der Waals surface area contributed by atoms with Gasteiger partial charge in [0, 0.05) is 0 Å². The minimum Gasteiger partial charge on any atom is -0.358 e. The number of amides is 1. The second-order valence-electron chi connectivity index (χ2n) is 6.67. The fourth-order valence-electron chi connectivity index (χ4n) is 3.10. The molecule has 2 aromatic heterocycles. The number of nitrogens with one attached hydrogen (secondary N) is 1. The van der Waals surface area contributed by atoms with Crippen LogP contribution in [0.4, 0.5) is 10.2 Å². The molecule has 0 bridgehead atoms. The fourth-order valence-corrected chi connectivity index (χ4v) is 3.10. The van der Waals surface area contributed by atoms with Crippen LogP contribution in [0.2, 0.25) is 0 Å². The summed E-state index contributed by atoms with van der Waals surface area (Å²) < 4.78 is 16.5. The topological polar surface area (TPSA) is 125 Å². The van der Waals surface area contributed by atoms with E-state index in [4.69, 9.17) is 0 Å². The molecule has 0 aliphatic heterocycles. The first-order chi connectivity index (χ1) is 14.8. The Morgan fingerprint density at radius 3 is 2.61 bits per heavy atom. The summed E-state index contributed by atoms with van der Waals surface area (Å²) in [5.41, 5.74) is 2.58. The highest BCUT2D eigenvalue weighted by Gasteiger charge is 2.20. The van der Waals surface area contributed by atoms with Crippen molar-refractivity contribution >= 4 is 22.6 Å². The molecule has 31 heavy (non-hydrogen) atoms. The lowest BCUT2D eigenvalue weighted by molar-refractivity contribution is -0.389. The second kappa shape index (κ2) is 7.78. The van der Waals surface area contributed by atoms with Crippen molar-refractivity contribution in [3.63, 3.8) is 0 Å². The van der Waals surface area contributed by atoms with Gasteiger partial charge in [-0.05, 0) is 36.1 Å². The number of nitrogens with zero attached hydrogens (tertiary/aromatic N) is 5. The van der Waals surface area contributed by atoms with Gasteiger partial charge in [-0.15, -0.1) is 0 Å². The van der Waals surface area contributed by atoms with Crippen LogP contribution in [0.5, 0.6) is 0 Å². The van der Waals surface area contributed by atoms with Crippen LogP contribution in [-0.2, 0) is 11.3 Å². The summed E-state index contributed by atoms with van der Waals surface area (Å²) in [7, 11) is 0. The molecule has 0 unspecified atom stereocenters. The maximum Gasteiger partial charge on any atom is 0.390 e. The summed E-state index contributed by atoms with van der Waals surface area (Å²) in [4.78, 5) is 40.3. The first-order valence-corrected chi connectivity index (χ1v) is 9.10. The first-order valence-electron chi connectivity index (χ1n) is 9.10. The van der Waals surface area contributed by atoms with Crippen LogP contribution in [0, 0.1) is 22.9 Å². The highest BCUT2D eigenvalue weighted by Crippen LogP contribution is 2.21. The highest BCUT2D eigenvalue weighted by molar-refractivity contribution is 5.86. The number of benzene rings is 2. The number of para-hydroxylation sites is 1. The molecule has 10 nitrogen and oxygen atoms in total. The molecule has 4 rings (SSSR count). The molecule has 11 heteroatoms.